The fraction of sp³-hybridized carbons (Fsp3) is 0.808. The molecule has 3 fully saturated rings. The van der Waals surface area contributed by atoms with Gasteiger partial charge in [0, 0.05) is 13.1 Å². The van der Waals surface area contributed by atoms with Crippen molar-refractivity contribution in [1.29, 1.82) is 0 Å². The number of carbonyl (C=O) groups excluding carboxylic acids is 5. The van der Waals surface area contributed by atoms with E-state index in [4.69, 9.17) is 4.74 Å². The molecule has 0 aromatic rings. The summed E-state index contributed by atoms with van der Waals surface area (Å²) >= 11 is 0. The molecule has 6 atom stereocenters. The molecule has 40 heavy (non-hydrogen) atoms. The Morgan fingerprint density at radius 1 is 1.20 bits per heavy atom. The number of likely N-dealkylation sites (tertiary alicyclic amines) is 1. The molecule has 11 nitrogen and oxygen atoms in total. The van der Waals surface area contributed by atoms with Gasteiger partial charge in [0.2, 0.25) is 11.8 Å². The van der Waals surface area contributed by atoms with Gasteiger partial charge >= 0.3 is 18.2 Å². The van der Waals surface area contributed by atoms with E-state index in [9.17, 15) is 37.1 Å². The van der Waals surface area contributed by atoms with Crippen molar-refractivity contribution in [1.82, 2.24) is 26.0 Å². The Kier molecular flexibility index (Phi) is 8.71. The van der Waals surface area contributed by atoms with Crippen LogP contribution in [-0.4, -0.2) is 83.1 Å². The molecule has 14 heteroatoms. The highest BCUT2D eigenvalue weighted by atomic mass is 19.4. The quantitative estimate of drug-likeness (QED) is 0.397. The maximum Gasteiger partial charge on any atom is 0.471 e. The molecule has 5 amide bonds. The lowest BCUT2D eigenvalue weighted by Gasteiger charge is -2.36. The van der Waals surface area contributed by atoms with Crippen LogP contribution in [0.2, 0.25) is 0 Å². The first kappa shape index (κ1) is 31.5. The van der Waals surface area contributed by atoms with Crippen molar-refractivity contribution >= 4 is 29.7 Å². The highest BCUT2D eigenvalue weighted by Gasteiger charge is 2.70. The predicted octanol–water partition coefficient (Wildman–Crippen LogP) is 1.97. The van der Waals surface area contributed by atoms with Gasteiger partial charge < -0.3 is 20.3 Å². The summed E-state index contributed by atoms with van der Waals surface area (Å²) in [6.07, 6.45) is -5.33. The number of nitrogens with one attached hydrogen (secondary N) is 3. The van der Waals surface area contributed by atoms with E-state index < -0.39 is 59.5 Å². The first-order chi connectivity index (χ1) is 18.3. The van der Waals surface area contributed by atoms with Gasteiger partial charge in [-0.25, -0.2) is 9.80 Å². The summed E-state index contributed by atoms with van der Waals surface area (Å²) in [4.78, 5) is 65.6. The van der Waals surface area contributed by atoms with E-state index in [2.05, 4.69) is 10.7 Å². The Balaban J connectivity index is 1.87. The summed E-state index contributed by atoms with van der Waals surface area (Å²) in [7, 11) is 0. The number of alkyl halides is 3. The van der Waals surface area contributed by atoms with Crippen LogP contribution in [-0.2, 0) is 23.9 Å². The largest absolute Gasteiger partial charge is 0.471 e. The number of hydrazine groups is 1. The van der Waals surface area contributed by atoms with Crippen molar-refractivity contribution in [3.8, 4) is 0 Å². The molecule has 1 saturated carbocycles. The van der Waals surface area contributed by atoms with E-state index >= 15 is 0 Å². The zero-order chi connectivity index (χ0) is 30.4. The minimum absolute atomic E-state index is 0.0984. The fourth-order valence-electron chi connectivity index (χ4n) is 5.62. The van der Waals surface area contributed by atoms with Crippen molar-refractivity contribution in [2.24, 2.45) is 29.1 Å². The van der Waals surface area contributed by atoms with Gasteiger partial charge in [-0.3, -0.25) is 24.6 Å². The summed E-state index contributed by atoms with van der Waals surface area (Å²) in [6.45, 7) is 12.4. The second-order valence-electron chi connectivity index (χ2n) is 12.6. The van der Waals surface area contributed by atoms with Crippen LogP contribution in [0.5, 0.6) is 0 Å². The lowest BCUT2D eigenvalue weighted by atomic mass is 9.95. The summed E-state index contributed by atoms with van der Waals surface area (Å²) in [5.41, 5.74) is 1.30. The molecule has 0 aromatic carbocycles. The zero-order valence-electron chi connectivity index (χ0n) is 24.0. The fourth-order valence-corrected chi connectivity index (χ4v) is 5.62. The third kappa shape index (κ3) is 6.63. The molecule has 0 radical (unpaired) electrons. The van der Waals surface area contributed by atoms with Crippen LogP contribution in [0.4, 0.5) is 18.0 Å². The van der Waals surface area contributed by atoms with Gasteiger partial charge in [-0.1, -0.05) is 34.1 Å². The number of carbonyl (C=O) groups is 5. The van der Waals surface area contributed by atoms with Gasteiger partial charge in [-0.05, 0) is 50.4 Å². The van der Waals surface area contributed by atoms with Crippen LogP contribution in [0.15, 0.2) is 0 Å². The first-order valence-electron chi connectivity index (χ1n) is 13.6. The van der Waals surface area contributed by atoms with E-state index in [0.717, 1.165) is 5.01 Å². The maximum absolute atomic E-state index is 13.7. The molecule has 2 saturated heterocycles. The smallest absolute Gasteiger partial charge is 0.442 e. The van der Waals surface area contributed by atoms with Crippen molar-refractivity contribution < 1.29 is 41.9 Å². The highest BCUT2D eigenvalue weighted by Crippen LogP contribution is 2.65. The van der Waals surface area contributed by atoms with Gasteiger partial charge in [0.15, 0.2) is 0 Å². The molecule has 3 rings (SSSR count). The van der Waals surface area contributed by atoms with Gasteiger partial charge in [-0.15, -0.1) is 0 Å². The number of rotatable bonds is 7. The number of piperidine rings is 1. The zero-order valence-corrected chi connectivity index (χ0v) is 24.0. The van der Waals surface area contributed by atoms with Crippen LogP contribution in [0.1, 0.15) is 61.3 Å². The number of ether oxygens (including phenoxy) is 1. The van der Waals surface area contributed by atoms with Crippen LogP contribution in [0.25, 0.3) is 0 Å². The molecule has 0 aromatic heterocycles. The maximum atomic E-state index is 13.7. The van der Waals surface area contributed by atoms with E-state index in [1.165, 1.54) is 4.90 Å². The van der Waals surface area contributed by atoms with Gasteiger partial charge in [0.05, 0.1) is 12.5 Å². The van der Waals surface area contributed by atoms with E-state index in [1.807, 2.05) is 19.2 Å². The van der Waals surface area contributed by atoms with Gasteiger partial charge in [-0.2, -0.15) is 13.2 Å². The van der Waals surface area contributed by atoms with Crippen molar-refractivity contribution in [2.75, 3.05) is 19.6 Å². The first-order valence-corrected chi connectivity index (χ1v) is 13.6. The van der Waals surface area contributed by atoms with E-state index in [0.29, 0.717) is 19.4 Å². The number of hydrogen-bond donors (Lipinski definition) is 3. The molecular weight excluding hydrogens is 535 g/mol. The molecule has 3 aliphatic rings. The van der Waals surface area contributed by atoms with Crippen molar-refractivity contribution in [3.63, 3.8) is 0 Å². The Bertz CT molecular complexity index is 1040. The Morgan fingerprint density at radius 3 is 2.33 bits per heavy atom. The van der Waals surface area contributed by atoms with Crippen molar-refractivity contribution in [2.45, 2.75) is 85.2 Å². The minimum Gasteiger partial charge on any atom is -0.442 e. The van der Waals surface area contributed by atoms with E-state index in [1.54, 1.807) is 34.6 Å². The Labute approximate surface area is 231 Å². The Morgan fingerprint density at radius 2 is 1.82 bits per heavy atom. The highest BCUT2D eigenvalue weighted by molar-refractivity contribution is 5.95. The minimum atomic E-state index is -5.18. The number of amides is 5. The summed E-state index contributed by atoms with van der Waals surface area (Å²) in [5.74, 6) is -5.68. The average molecular weight is 576 g/mol. The SMILES string of the molecule is CCC(C)C(NC(=O)C(F)(F)F)C(=O)N1C[C@H]2[C@@H]([C@H]1C(=O)NN(C[C@@H]1CCNC1=O)C(=O)OC(C)(C)C)C2(C)C. The van der Waals surface area contributed by atoms with Crippen molar-refractivity contribution in [3.05, 3.63) is 0 Å². The second-order valence-corrected chi connectivity index (χ2v) is 12.6. The third-order valence-electron chi connectivity index (χ3n) is 8.21. The number of nitrogens with zero attached hydrogens (tertiary/aromatic N) is 2. The number of fused-ring (bicyclic) bond motifs is 1. The normalized spacial score (nSPS) is 26.8. The second kappa shape index (κ2) is 11.1. The molecule has 2 unspecified atom stereocenters. The standard InChI is InChI=1S/C26H40F3N5O6/c1-8-13(2)17(31-22(38)26(27,28)29)21(37)33-12-15-16(25(15,6)7)18(33)20(36)32-34(23(39)40-24(3,4)5)11-14-9-10-30-19(14)35/h13-18H,8-12H2,1-7H3,(H,30,35)(H,31,38)(H,32,36)/t13?,14-,15-,16-,17?,18-/m0/s1. The van der Waals surface area contributed by atoms with Gasteiger partial charge in [0.25, 0.3) is 5.91 Å². The van der Waals surface area contributed by atoms with Crippen LogP contribution in [0.3, 0.4) is 0 Å². The number of hydrogen-bond acceptors (Lipinski definition) is 6. The predicted molar refractivity (Wildman–Crippen MR) is 136 cm³/mol. The summed E-state index contributed by atoms with van der Waals surface area (Å²) < 4.78 is 44.6. The molecule has 0 spiro atoms. The van der Waals surface area contributed by atoms with Gasteiger partial charge in [0.1, 0.15) is 17.7 Å². The number of halogens is 3. The molecular formula is C26H40F3N5O6. The molecule has 226 valence electrons. The Hall–Kier alpha value is -3.06. The van der Waals surface area contributed by atoms with Crippen LogP contribution < -0.4 is 16.1 Å². The third-order valence-corrected chi connectivity index (χ3v) is 8.21. The monoisotopic (exact) mass is 575 g/mol. The van der Waals surface area contributed by atoms with E-state index in [-0.39, 0.29) is 36.2 Å². The molecule has 3 N–H and O–H groups in total. The molecule has 2 aliphatic heterocycles. The molecule has 2 heterocycles. The average Bonchev–Trinajstić information content (AvgIpc) is 3.18. The van der Waals surface area contributed by atoms with Crippen LogP contribution >= 0.6 is 0 Å². The molecule has 1 aliphatic carbocycles. The topological polar surface area (TPSA) is 137 Å². The lowest BCUT2D eigenvalue weighted by molar-refractivity contribution is -0.175. The summed E-state index contributed by atoms with van der Waals surface area (Å²) in [6, 6.07) is -2.61. The summed E-state index contributed by atoms with van der Waals surface area (Å²) in [5, 5.41) is 5.41. The molecule has 0 bridgehead atoms. The lowest BCUT2D eigenvalue weighted by Crippen LogP contribution is -2.61. The van der Waals surface area contributed by atoms with Crippen LogP contribution in [0, 0.1) is 29.1 Å².